The number of para-hydroxylation sites is 1. The van der Waals surface area contributed by atoms with Gasteiger partial charge in [0.05, 0.1) is 12.8 Å². The Labute approximate surface area is 138 Å². The smallest absolute Gasteiger partial charge is 0.193 e. The highest BCUT2D eigenvalue weighted by Gasteiger charge is 2.18. The number of ether oxygens (including phenoxy) is 1. The van der Waals surface area contributed by atoms with Gasteiger partial charge >= 0.3 is 0 Å². The summed E-state index contributed by atoms with van der Waals surface area (Å²) in [7, 11) is 1.66. The normalized spacial score (nSPS) is 10.9. The largest absolute Gasteiger partial charge is 0.496 e. The van der Waals surface area contributed by atoms with Crippen LogP contribution >= 0.6 is 0 Å². The molecule has 0 unspecified atom stereocenters. The van der Waals surface area contributed by atoms with Gasteiger partial charge in [-0.15, -0.1) is 0 Å². The van der Waals surface area contributed by atoms with Gasteiger partial charge in [-0.1, -0.05) is 23.4 Å². The van der Waals surface area contributed by atoms with Crippen molar-refractivity contribution < 1.29 is 9.26 Å². The average molecular weight is 317 g/mol. The van der Waals surface area contributed by atoms with Crippen molar-refractivity contribution in [3.63, 3.8) is 0 Å². The molecule has 0 N–H and O–H groups in total. The highest BCUT2D eigenvalue weighted by Crippen LogP contribution is 2.37. The van der Waals surface area contributed by atoms with Crippen molar-refractivity contribution in [1.29, 1.82) is 0 Å². The Balaban J connectivity index is 2.04. The van der Waals surface area contributed by atoms with E-state index in [-0.39, 0.29) is 0 Å². The molecule has 0 aliphatic rings. The first-order chi connectivity index (χ1) is 11.8. The number of pyridine rings is 2. The van der Waals surface area contributed by atoms with Crippen molar-refractivity contribution in [1.82, 2.24) is 15.1 Å². The first-order valence-corrected chi connectivity index (χ1v) is 7.59. The number of fused-ring (bicyclic) bond motifs is 1. The van der Waals surface area contributed by atoms with Gasteiger partial charge in [0, 0.05) is 29.1 Å². The molecule has 0 fully saturated rings. The molecule has 24 heavy (non-hydrogen) atoms. The number of benzene rings is 1. The molecule has 4 rings (SSSR count). The predicted octanol–water partition coefficient (Wildman–Crippen LogP) is 4.27. The third kappa shape index (κ3) is 2.31. The summed E-state index contributed by atoms with van der Waals surface area (Å²) < 4.78 is 11.0. The maximum absolute atomic E-state index is 5.54. The van der Waals surface area contributed by atoms with Crippen LogP contribution in [0.1, 0.15) is 5.69 Å². The minimum absolute atomic E-state index is 0.657. The topological polar surface area (TPSA) is 61.0 Å². The lowest BCUT2D eigenvalue weighted by Crippen LogP contribution is -1.92. The molecule has 0 aliphatic heterocycles. The van der Waals surface area contributed by atoms with Gasteiger partial charge in [-0.3, -0.25) is 4.98 Å². The summed E-state index contributed by atoms with van der Waals surface area (Å²) in [5.74, 6) is 0.774. The van der Waals surface area contributed by atoms with Gasteiger partial charge in [0.2, 0.25) is 0 Å². The zero-order valence-electron chi connectivity index (χ0n) is 13.4. The lowest BCUT2D eigenvalue weighted by Gasteiger charge is -2.10. The summed E-state index contributed by atoms with van der Waals surface area (Å²) in [6, 6.07) is 13.7. The van der Waals surface area contributed by atoms with Crippen LogP contribution < -0.4 is 4.74 Å². The summed E-state index contributed by atoms with van der Waals surface area (Å²) in [5, 5.41) is 4.08. The van der Waals surface area contributed by atoms with Gasteiger partial charge in [-0.05, 0) is 31.2 Å². The maximum atomic E-state index is 5.54. The number of nitrogens with zero attached hydrogens (tertiary/aromatic N) is 3. The third-order valence-corrected chi connectivity index (χ3v) is 3.94. The fourth-order valence-electron chi connectivity index (χ4n) is 2.76. The molecule has 3 aromatic heterocycles. The van der Waals surface area contributed by atoms with E-state index < -0.39 is 0 Å². The van der Waals surface area contributed by atoms with Crippen LogP contribution in [-0.2, 0) is 0 Å². The number of aromatic nitrogens is 3. The first kappa shape index (κ1) is 14.4. The Hall–Kier alpha value is -3.21. The van der Waals surface area contributed by atoms with Crippen molar-refractivity contribution in [2.75, 3.05) is 7.11 Å². The van der Waals surface area contributed by atoms with Crippen LogP contribution in [0.15, 0.2) is 59.4 Å². The van der Waals surface area contributed by atoms with Crippen LogP contribution in [-0.4, -0.2) is 22.2 Å². The zero-order chi connectivity index (χ0) is 16.5. The summed E-state index contributed by atoms with van der Waals surface area (Å²) in [4.78, 5) is 8.89. The second kappa shape index (κ2) is 5.77. The molecule has 0 spiro atoms. The second-order valence-corrected chi connectivity index (χ2v) is 5.44. The van der Waals surface area contributed by atoms with Crippen molar-refractivity contribution in [3.8, 4) is 28.1 Å². The molecule has 118 valence electrons. The van der Waals surface area contributed by atoms with Gasteiger partial charge in [0.1, 0.15) is 17.0 Å². The van der Waals surface area contributed by atoms with Crippen molar-refractivity contribution in [2.45, 2.75) is 6.92 Å². The number of hydrogen-bond acceptors (Lipinski definition) is 5. The maximum Gasteiger partial charge on any atom is 0.193 e. The minimum atomic E-state index is 0.657. The van der Waals surface area contributed by atoms with E-state index >= 15 is 0 Å². The van der Waals surface area contributed by atoms with Crippen LogP contribution in [0.5, 0.6) is 5.75 Å². The summed E-state index contributed by atoms with van der Waals surface area (Å²) in [6.07, 6.45) is 3.54. The van der Waals surface area contributed by atoms with E-state index in [1.54, 1.807) is 19.5 Å². The molecule has 0 bridgehead atoms. The lowest BCUT2D eigenvalue weighted by molar-refractivity contribution is 0.416. The average Bonchev–Trinajstić information content (AvgIpc) is 3.03. The van der Waals surface area contributed by atoms with Crippen molar-refractivity contribution >= 4 is 11.1 Å². The standard InChI is InChI=1S/C19H15N3O2/c1-12-18-19(24-22-12)15(14-7-3-4-8-17(14)23-2)10-16(21-18)13-6-5-9-20-11-13/h3-11H,1-2H3. The number of hydrogen-bond donors (Lipinski definition) is 0. The Morgan fingerprint density at radius 2 is 1.92 bits per heavy atom. The van der Waals surface area contributed by atoms with Crippen LogP contribution in [0.25, 0.3) is 33.5 Å². The monoisotopic (exact) mass is 317 g/mol. The molecule has 0 saturated carbocycles. The van der Waals surface area contributed by atoms with Crippen LogP contribution in [0.4, 0.5) is 0 Å². The molecule has 4 aromatic rings. The molecule has 1 aromatic carbocycles. The minimum Gasteiger partial charge on any atom is -0.496 e. The van der Waals surface area contributed by atoms with Gasteiger partial charge < -0.3 is 9.26 Å². The van der Waals surface area contributed by atoms with E-state index in [0.717, 1.165) is 39.3 Å². The van der Waals surface area contributed by atoms with Crippen LogP contribution in [0.3, 0.4) is 0 Å². The quantitative estimate of drug-likeness (QED) is 0.565. The van der Waals surface area contributed by atoms with E-state index in [4.69, 9.17) is 14.2 Å². The molecule has 5 nitrogen and oxygen atoms in total. The van der Waals surface area contributed by atoms with Crippen molar-refractivity contribution in [3.05, 3.63) is 60.6 Å². The SMILES string of the molecule is COc1ccccc1-c1cc(-c2cccnc2)nc2c(C)noc12. The molecular weight excluding hydrogens is 302 g/mol. The van der Waals surface area contributed by atoms with Crippen molar-refractivity contribution in [2.24, 2.45) is 0 Å². The second-order valence-electron chi connectivity index (χ2n) is 5.44. The number of rotatable bonds is 3. The van der Waals surface area contributed by atoms with Crippen LogP contribution in [0.2, 0.25) is 0 Å². The number of methoxy groups -OCH3 is 1. The fraction of sp³-hybridized carbons (Fsp3) is 0.105. The predicted molar refractivity (Wildman–Crippen MR) is 91.8 cm³/mol. The molecule has 0 radical (unpaired) electrons. The highest BCUT2D eigenvalue weighted by molar-refractivity contribution is 5.95. The van der Waals surface area contributed by atoms with Gasteiger partial charge in [-0.25, -0.2) is 4.98 Å². The molecule has 0 saturated heterocycles. The summed E-state index contributed by atoms with van der Waals surface area (Å²) in [5.41, 5.74) is 5.76. The Morgan fingerprint density at radius 3 is 2.71 bits per heavy atom. The number of aryl methyl sites for hydroxylation is 1. The first-order valence-electron chi connectivity index (χ1n) is 7.59. The molecule has 3 heterocycles. The fourth-order valence-corrected chi connectivity index (χ4v) is 2.76. The Kier molecular flexibility index (Phi) is 3.46. The van der Waals surface area contributed by atoms with Gasteiger partial charge in [-0.2, -0.15) is 0 Å². The Bertz CT molecular complexity index is 1010. The highest BCUT2D eigenvalue weighted by atomic mass is 16.5. The summed E-state index contributed by atoms with van der Waals surface area (Å²) in [6.45, 7) is 1.89. The molecule has 0 aliphatic carbocycles. The van der Waals surface area contributed by atoms with E-state index in [9.17, 15) is 0 Å². The zero-order valence-corrected chi connectivity index (χ0v) is 13.4. The Morgan fingerprint density at radius 1 is 1.04 bits per heavy atom. The van der Waals surface area contributed by atoms with E-state index in [1.165, 1.54) is 0 Å². The van der Waals surface area contributed by atoms with E-state index in [0.29, 0.717) is 5.58 Å². The van der Waals surface area contributed by atoms with Gasteiger partial charge in [0.15, 0.2) is 5.58 Å². The molecule has 0 atom stereocenters. The van der Waals surface area contributed by atoms with Gasteiger partial charge in [0.25, 0.3) is 0 Å². The van der Waals surface area contributed by atoms with E-state index in [2.05, 4.69) is 10.1 Å². The molecule has 0 amide bonds. The molecular formula is C19H15N3O2. The van der Waals surface area contributed by atoms with E-state index in [1.807, 2.05) is 49.4 Å². The molecule has 5 heteroatoms. The third-order valence-electron chi connectivity index (χ3n) is 3.94. The van der Waals surface area contributed by atoms with Crippen LogP contribution in [0, 0.1) is 6.92 Å². The summed E-state index contributed by atoms with van der Waals surface area (Å²) >= 11 is 0. The lowest BCUT2D eigenvalue weighted by atomic mass is 10.0.